The Morgan fingerprint density at radius 1 is 1.09 bits per heavy atom. The lowest BCUT2D eigenvalue weighted by Crippen LogP contribution is -2.23. The Bertz CT molecular complexity index is 1250. The molecule has 4 rings (SSSR count). The van der Waals surface area contributed by atoms with Crippen LogP contribution in [0.5, 0.6) is 5.75 Å². The van der Waals surface area contributed by atoms with Gasteiger partial charge in [-0.25, -0.2) is 9.07 Å². The van der Waals surface area contributed by atoms with Gasteiger partial charge in [0.1, 0.15) is 23.2 Å². The third-order valence-electron chi connectivity index (χ3n) is 5.39. The molecule has 2 aromatic heterocycles. The second-order valence-electron chi connectivity index (χ2n) is 7.91. The maximum Gasteiger partial charge on any atom is 0.179 e. The number of benzene rings is 2. The summed E-state index contributed by atoms with van der Waals surface area (Å²) in [4.78, 5) is 1.90. The van der Waals surface area contributed by atoms with Crippen LogP contribution in [0.4, 0.5) is 10.2 Å². The van der Waals surface area contributed by atoms with E-state index in [1.54, 1.807) is 12.1 Å². The zero-order valence-electron chi connectivity index (χ0n) is 18.9. The molecule has 0 aliphatic rings. The molecule has 0 aliphatic carbocycles. The number of rotatable bonds is 7. The second-order valence-corrected chi connectivity index (χ2v) is 7.91. The number of nitrogens with one attached hydrogen (secondary N) is 1. The number of halogens is 1. The molecule has 1 N–H and O–H groups in total. The number of fused-ring (bicyclic) bond motifs is 1. The highest BCUT2D eigenvalue weighted by Crippen LogP contribution is 2.30. The van der Waals surface area contributed by atoms with E-state index in [0.717, 1.165) is 28.0 Å². The minimum atomic E-state index is -0.467. The lowest BCUT2D eigenvalue weighted by Gasteiger charge is -2.20. The van der Waals surface area contributed by atoms with Crippen LogP contribution in [0.2, 0.25) is 0 Å². The molecule has 1 unspecified atom stereocenters. The molecular weight excluding hydrogens is 407 g/mol. The highest BCUT2D eigenvalue weighted by Gasteiger charge is 2.20. The fourth-order valence-corrected chi connectivity index (χ4v) is 3.85. The van der Waals surface area contributed by atoms with Crippen LogP contribution in [0.25, 0.3) is 16.6 Å². The molecule has 7 nitrogen and oxygen atoms in total. The third-order valence-corrected chi connectivity index (χ3v) is 5.39. The normalized spacial score (nSPS) is 12.2. The molecule has 0 fully saturated rings. The first-order chi connectivity index (χ1) is 15.4. The highest BCUT2D eigenvalue weighted by atomic mass is 19.1. The monoisotopic (exact) mass is 434 g/mol. The van der Waals surface area contributed by atoms with E-state index in [9.17, 15) is 4.39 Å². The molecule has 8 heteroatoms. The Morgan fingerprint density at radius 2 is 1.88 bits per heavy atom. The van der Waals surface area contributed by atoms with E-state index in [-0.39, 0.29) is 5.82 Å². The van der Waals surface area contributed by atoms with Gasteiger partial charge in [-0.3, -0.25) is 0 Å². The van der Waals surface area contributed by atoms with Gasteiger partial charge < -0.3 is 15.0 Å². The van der Waals surface area contributed by atoms with Gasteiger partial charge in [-0.1, -0.05) is 24.3 Å². The maximum absolute atomic E-state index is 14.4. The van der Waals surface area contributed by atoms with Crippen molar-refractivity contribution in [3.63, 3.8) is 0 Å². The number of aryl methyl sites for hydroxylation is 2. The van der Waals surface area contributed by atoms with Crippen LogP contribution in [0.3, 0.4) is 0 Å². The van der Waals surface area contributed by atoms with Crippen LogP contribution in [0, 0.1) is 19.7 Å². The number of ether oxygens (including phenoxy) is 1. The summed E-state index contributed by atoms with van der Waals surface area (Å²) < 4.78 is 22.5. The SMILES string of the molecule is CNCC(Oc1cccc(-n2nc3c(N(C)C)nnc(C)c3c2C)c1)c1ccccc1F. The molecule has 0 radical (unpaired) electrons. The molecule has 0 saturated heterocycles. The molecule has 4 aromatic rings. The van der Waals surface area contributed by atoms with Crippen molar-refractivity contribution < 1.29 is 9.13 Å². The van der Waals surface area contributed by atoms with Crippen molar-refractivity contribution in [3.8, 4) is 11.4 Å². The molecule has 0 saturated carbocycles. The van der Waals surface area contributed by atoms with E-state index < -0.39 is 6.10 Å². The zero-order chi connectivity index (χ0) is 22.8. The Labute approximate surface area is 186 Å². The van der Waals surface area contributed by atoms with E-state index in [0.29, 0.717) is 23.7 Å². The fourth-order valence-electron chi connectivity index (χ4n) is 3.85. The summed E-state index contributed by atoms with van der Waals surface area (Å²) in [5.74, 6) is 1.06. The Balaban J connectivity index is 1.74. The van der Waals surface area contributed by atoms with Crippen molar-refractivity contribution >= 4 is 16.7 Å². The van der Waals surface area contributed by atoms with Gasteiger partial charge in [0.05, 0.1) is 22.5 Å². The average Bonchev–Trinajstić information content (AvgIpc) is 3.12. The molecular formula is C24H27FN6O. The van der Waals surface area contributed by atoms with Gasteiger partial charge in [-0.2, -0.15) is 10.2 Å². The summed E-state index contributed by atoms with van der Waals surface area (Å²) in [5.41, 5.74) is 3.95. The van der Waals surface area contributed by atoms with Gasteiger partial charge in [-0.15, -0.1) is 5.10 Å². The Hall–Kier alpha value is -3.52. The number of aromatic nitrogens is 4. The van der Waals surface area contributed by atoms with Crippen molar-refractivity contribution in [1.82, 2.24) is 25.3 Å². The topological polar surface area (TPSA) is 68.1 Å². The maximum atomic E-state index is 14.4. The lowest BCUT2D eigenvalue weighted by atomic mass is 10.1. The van der Waals surface area contributed by atoms with Crippen LogP contribution in [0.1, 0.15) is 23.1 Å². The van der Waals surface area contributed by atoms with Gasteiger partial charge in [0.25, 0.3) is 0 Å². The summed E-state index contributed by atoms with van der Waals surface area (Å²) in [6.45, 7) is 4.42. The first-order valence-electron chi connectivity index (χ1n) is 10.5. The van der Waals surface area contributed by atoms with Crippen LogP contribution in [0.15, 0.2) is 48.5 Å². The van der Waals surface area contributed by atoms with E-state index in [2.05, 4.69) is 15.5 Å². The minimum absolute atomic E-state index is 0.287. The van der Waals surface area contributed by atoms with E-state index in [1.165, 1.54) is 6.07 Å². The Morgan fingerprint density at radius 3 is 2.59 bits per heavy atom. The molecule has 0 spiro atoms. The summed E-state index contributed by atoms with van der Waals surface area (Å²) >= 11 is 0. The fraction of sp³-hybridized carbons (Fsp3) is 0.292. The molecule has 32 heavy (non-hydrogen) atoms. The quantitative estimate of drug-likeness (QED) is 0.475. The van der Waals surface area contributed by atoms with Crippen molar-refractivity contribution in [2.75, 3.05) is 32.6 Å². The zero-order valence-corrected chi connectivity index (χ0v) is 18.9. The number of hydrogen-bond donors (Lipinski definition) is 1. The largest absolute Gasteiger partial charge is 0.484 e. The van der Waals surface area contributed by atoms with Gasteiger partial charge in [0.15, 0.2) is 5.82 Å². The van der Waals surface area contributed by atoms with E-state index >= 15 is 0 Å². The van der Waals surface area contributed by atoms with Crippen molar-refractivity contribution in [2.24, 2.45) is 0 Å². The average molecular weight is 435 g/mol. The van der Waals surface area contributed by atoms with Crippen molar-refractivity contribution in [1.29, 1.82) is 0 Å². The first-order valence-corrected chi connectivity index (χ1v) is 10.5. The number of hydrogen-bond acceptors (Lipinski definition) is 6. The summed E-state index contributed by atoms with van der Waals surface area (Å²) in [5, 5.41) is 17.5. The summed E-state index contributed by atoms with van der Waals surface area (Å²) in [6.07, 6.45) is -0.467. The van der Waals surface area contributed by atoms with Gasteiger partial charge in [0, 0.05) is 32.3 Å². The van der Waals surface area contributed by atoms with Gasteiger partial charge in [-0.05, 0) is 39.1 Å². The predicted octanol–water partition coefficient (Wildman–Crippen LogP) is 3.98. The van der Waals surface area contributed by atoms with E-state index in [1.807, 2.05) is 74.9 Å². The molecule has 2 aromatic carbocycles. The number of nitrogens with zero attached hydrogens (tertiary/aromatic N) is 5. The lowest BCUT2D eigenvalue weighted by molar-refractivity contribution is 0.200. The highest BCUT2D eigenvalue weighted by molar-refractivity contribution is 5.92. The van der Waals surface area contributed by atoms with Crippen LogP contribution in [-0.2, 0) is 0 Å². The number of anilines is 1. The van der Waals surface area contributed by atoms with Crippen LogP contribution < -0.4 is 15.0 Å². The molecule has 2 heterocycles. The summed E-state index contributed by atoms with van der Waals surface area (Å²) in [6, 6.07) is 14.3. The third kappa shape index (κ3) is 4.01. The van der Waals surface area contributed by atoms with Crippen molar-refractivity contribution in [3.05, 3.63) is 71.3 Å². The second kappa shape index (κ2) is 8.92. The predicted molar refractivity (Wildman–Crippen MR) is 124 cm³/mol. The van der Waals surface area contributed by atoms with Gasteiger partial charge >= 0.3 is 0 Å². The molecule has 0 amide bonds. The van der Waals surface area contributed by atoms with Crippen molar-refractivity contribution in [2.45, 2.75) is 20.0 Å². The smallest absolute Gasteiger partial charge is 0.179 e. The number of likely N-dealkylation sites (N-methyl/N-ethyl adjacent to an activating group) is 1. The van der Waals surface area contributed by atoms with Crippen LogP contribution >= 0.6 is 0 Å². The van der Waals surface area contributed by atoms with Crippen LogP contribution in [-0.4, -0.2) is 47.7 Å². The molecule has 166 valence electrons. The minimum Gasteiger partial charge on any atom is -0.484 e. The van der Waals surface area contributed by atoms with Gasteiger partial charge in [0.2, 0.25) is 0 Å². The standard InChI is InChI=1S/C24H27FN6O/c1-15-22-16(2)31(29-23(22)24(28-27-15)30(4)5)17-9-8-10-18(13-17)32-21(14-26-3)19-11-6-7-12-20(19)25/h6-13,21,26H,14H2,1-5H3. The molecule has 1 atom stereocenters. The first kappa shape index (κ1) is 21.7. The van der Waals surface area contributed by atoms with E-state index in [4.69, 9.17) is 9.84 Å². The summed E-state index contributed by atoms with van der Waals surface area (Å²) in [7, 11) is 5.66. The molecule has 0 bridgehead atoms. The molecule has 0 aliphatic heterocycles. The Kier molecular flexibility index (Phi) is 6.05.